The number of aryl methyl sites for hydroxylation is 1. The van der Waals surface area contributed by atoms with E-state index in [0.29, 0.717) is 23.3 Å². The Kier molecular flexibility index (Phi) is 6.70. The molecule has 0 saturated heterocycles. The molecule has 1 atom stereocenters. The Bertz CT molecular complexity index is 1770. The molecular weight excluding hydrogens is 557 g/mol. The van der Waals surface area contributed by atoms with Crippen LogP contribution >= 0.6 is 11.6 Å². The third-order valence-corrected chi connectivity index (χ3v) is 6.76. The number of amides is 2. The van der Waals surface area contributed by atoms with Gasteiger partial charge in [-0.1, -0.05) is 11.6 Å². The maximum absolute atomic E-state index is 14.1. The topological polar surface area (TPSA) is 80.2 Å². The monoisotopic (exact) mass is 573 g/mol. The fourth-order valence-electron chi connectivity index (χ4n) is 4.52. The Balaban J connectivity index is 1.68. The standard InChI is InChI=1S/C28H17ClF5N3O3/c1-37-12-13(2-5-23(37)38)14-8-20-24(25(36-27(20)40)19-11-17(30)3-4-21(19)29)22(9-14)35-26(39)15-6-16(28(32,33)34)10-18(31)7-15/h2-12,25H,1H3,(H,35,39)(H,36,40)/t25-/m1/s1. The molecule has 0 unspecified atom stereocenters. The van der Waals surface area contributed by atoms with E-state index in [0.717, 1.165) is 12.1 Å². The number of hydrogen-bond donors (Lipinski definition) is 2. The fourth-order valence-corrected chi connectivity index (χ4v) is 4.74. The second-order valence-electron chi connectivity index (χ2n) is 9.10. The lowest BCUT2D eigenvalue weighted by atomic mass is 9.93. The van der Waals surface area contributed by atoms with Crippen molar-refractivity contribution in [2.75, 3.05) is 5.32 Å². The van der Waals surface area contributed by atoms with Crippen molar-refractivity contribution in [3.63, 3.8) is 0 Å². The van der Waals surface area contributed by atoms with E-state index < -0.39 is 46.8 Å². The highest BCUT2D eigenvalue weighted by molar-refractivity contribution is 6.31. The molecule has 5 rings (SSSR count). The Morgan fingerprint density at radius 3 is 2.40 bits per heavy atom. The van der Waals surface area contributed by atoms with Gasteiger partial charge < -0.3 is 15.2 Å². The first kappa shape index (κ1) is 27.1. The van der Waals surface area contributed by atoms with Gasteiger partial charge in [0.05, 0.1) is 11.6 Å². The molecular formula is C28H17ClF5N3O3. The average molecular weight is 574 g/mol. The Morgan fingerprint density at radius 1 is 0.950 bits per heavy atom. The summed E-state index contributed by atoms with van der Waals surface area (Å²) in [5, 5.41) is 5.28. The summed E-state index contributed by atoms with van der Waals surface area (Å²) >= 11 is 6.30. The second kappa shape index (κ2) is 9.91. The number of pyridine rings is 1. The molecule has 40 heavy (non-hydrogen) atoms. The van der Waals surface area contributed by atoms with Crippen molar-refractivity contribution >= 4 is 29.1 Å². The number of fused-ring (bicyclic) bond motifs is 1. The average Bonchev–Trinajstić information content (AvgIpc) is 3.22. The number of anilines is 1. The number of carbonyl (C=O) groups is 2. The van der Waals surface area contributed by atoms with Crippen LogP contribution < -0.4 is 16.2 Å². The number of aromatic nitrogens is 1. The summed E-state index contributed by atoms with van der Waals surface area (Å²) in [6.45, 7) is 0. The number of halogens is 6. The highest BCUT2D eigenvalue weighted by atomic mass is 35.5. The number of hydrogen-bond acceptors (Lipinski definition) is 3. The van der Waals surface area contributed by atoms with E-state index in [1.54, 1.807) is 0 Å². The van der Waals surface area contributed by atoms with E-state index >= 15 is 0 Å². The zero-order valence-electron chi connectivity index (χ0n) is 20.4. The first-order chi connectivity index (χ1) is 18.8. The van der Waals surface area contributed by atoms with Gasteiger partial charge in [0.1, 0.15) is 11.6 Å². The summed E-state index contributed by atoms with van der Waals surface area (Å²) in [6, 6.07) is 9.62. The third kappa shape index (κ3) is 5.07. The van der Waals surface area contributed by atoms with Crippen molar-refractivity contribution < 1.29 is 31.5 Å². The van der Waals surface area contributed by atoms with Crippen molar-refractivity contribution in [3.8, 4) is 11.1 Å². The molecule has 3 aromatic carbocycles. The predicted octanol–water partition coefficient (Wildman–Crippen LogP) is 6.09. The molecule has 1 aromatic heterocycles. The molecule has 0 spiro atoms. The van der Waals surface area contributed by atoms with Crippen LogP contribution in [0.4, 0.5) is 27.6 Å². The van der Waals surface area contributed by atoms with Gasteiger partial charge in [-0.2, -0.15) is 13.2 Å². The second-order valence-corrected chi connectivity index (χ2v) is 9.51. The summed E-state index contributed by atoms with van der Waals surface area (Å²) in [4.78, 5) is 38.1. The van der Waals surface area contributed by atoms with Crippen LogP contribution in [0.2, 0.25) is 5.02 Å². The highest BCUT2D eigenvalue weighted by Gasteiger charge is 2.36. The lowest BCUT2D eigenvalue weighted by molar-refractivity contribution is -0.137. The first-order valence-corrected chi connectivity index (χ1v) is 12.0. The minimum atomic E-state index is -4.91. The van der Waals surface area contributed by atoms with E-state index in [2.05, 4.69) is 10.6 Å². The number of nitrogens with zero attached hydrogens (tertiary/aromatic N) is 1. The minimum Gasteiger partial charge on any atom is -0.341 e. The molecule has 1 aliphatic rings. The molecule has 1 aliphatic heterocycles. The Labute approximate surface area is 228 Å². The highest BCUT2D eigenvalue weighted by Crippen LogP contribution is 2.42. The molecule has 0 aliphatic carbocycles. The van der Waals surface area contributed by atoms with Gasteiger partial charge >= 0.3 is 6.18 Å². The van der Waals surface area contributed by atoms with Gasteiger partial charge in [-0.3, -0.25) is 14.4 Å². The number of nitrogens with one attached hydrogen (secondary N) is 2. The largest absolute Gasteiger partial charge is 0.416 e. The molecule has 2 heterocycles. The van der Waals surface area contributed by atoms with Crippen LogP contribution in [0.25, 0.3) is 11.1 Å². The van der Waals surface area contributed by atoms with Gasteiger partial charge in [0.25, 0.3) is 11.8 Å². The van der Waals surface area contributed by atoms with Crippen molar-refractivity contribution in [1.82, 2.24) is 9.88 Å². The van der Waals surface area contributed by atoms with Crippen LogP contribution in [0.15, 0.2) is 71.7 Å². The summed E-state index contributed by atoms with van der Waals surface area (Å²) in [6.07, 6.45) is -3.41. The zero-order valence-corrected chi connectivity index (χ0v) is 21.1. The van der Waals surface area contributed by atoms with Gasteiger partial charge in [-0.05, 0) is 65.7 Å². The van der Waals surface area contributed by atoms with E-state index in [4.69, 9.17) is 11.6 Å². The van der Waals surface area contributed by atoms with Gasteiger partial charge in [-0.15, -0.1) is 0 Å². The lowest BCUT2D eigenvalue weighted by Gasteiger charge is -2.19. The number of rotatable bonds is 4. The van der Waals surface area contributed by atoms with Gasteiger partial charge in [-0.25, -0.2) is 8.78 Å². The molecule has 0 bridgehead atoms. The Morgan fingerprint density at radius 2 is 1.70 bits per heavy atom. The van der Waals surface area contributed by atoms with Crippen molar-refractivity contribution in [2.45, 2.75) is 12.2 Å². The van der Waals surface area contributed by atoms with Crippen LogP contribution in [0.3, 0.4) is 0 Å². The Hall–Kier alpha value is -4.51. The normalized spacial score (nSPS) is 14.6. The summed E-state index contributed by atoms with van der Waals surface area (Å²) in [7, 11) is 1.51. The van der Waals surface area contributed by atoms with Crippen molar-refractivity contribution in [3.05, 3.63) is 122 Å². The maximum Gasteiger partial charge on any atom is 0.416 e. The molecule has 2 amide bonds. The zero-order chi connectivity index (χ0) is 28.9. The molecule has 2 N–H and O–H groups in total. The predicted molar refractivity (Wildman–Crippen MR) is 137 cm³/mol. The smallest absolute Gasteiger partial charge is 0.341 e. The molecule has 4 aromatic rings. The van der Waals surface area contributed by atoms with E-state index in [9.17, 15) is 36.3 Å². The van der Waals surface area contributed by atoms with Crippen LogP contribution in [0, 0.1) is 11.6 Å². The minimum absolute atomic E-state index is 0.0205. The van der Waals surface area contributed by atoms with Crippen LogP contribution in [0.5, 0.6) is 0 Å². The van der Waals surface area contributed by atoms with Crippen molar-refractivity contribution in [2.24, 2.45) is 7.05 Å². The van der Waals surface area contributed by atoms with Crippen LogP contribution in [0.1, 0.15) is 43.4 Å². The maximum atomic E-state index is 14.1. The molecule has 12 heteroatoms. The van der Waals surface area contributed by atoms with Crippen LogP contribution in [-0.2, 0) is 13.2 Å². The quantitative estimate of drug-likeness (QED) is 0.290. The fraction of sp³-hybridized carbons (Fsp3) is 0.107. The lowest BCUT2D eigenvalue weighted by Crippen LogP contribution is -2.21. The summed E-state index contributed by atoms with van der Waals surface area (Å²) < 4.78 is 69.2. The van der Waals surface area contributed by atoms with E-state index in [1.807, 2.05) is 0 Å². The number of benzene rings is 3. The molecule has 0 saturated carbocycles. The van der Waals surface area contributed by atoms with Gasteiger partial charge in [0.2, 0.25) is 5.56 Å². The summed E-state index contributed by atoms with van der Waals surface area (Å²) in [5.74, 6) is -3.60. The molecule has 0 fully saturated rings. The third-order valence-electron chi connectivity index (χ3n) is 6.41. The molecule has 204 valence electrons. The van der Waals surface area contributed by atoms with Crippen molar-refractivity contribution in [1.29, 1.82) is 0 Å². The van der Waals surface area contributed by atoms with E-state index in [-0.39, 0.29) is 39.0 Å². The van der Waals surface area contributed by atoms with Gasteiger partial charge in [0, 0.05) is 52.3 Å². The number of carbonyl (C=O) groups excluding carboxylic acids is 2. The first-order valence-electron chi connectivity index (χ1n) is 11.6. The SMILES string of the molecule is Cn1cc(-c2cc(NC(=O)c3cc(F)cc(C(F)(F)F)c3)c3c(c2)C(=O)N[C@@H]3c2cc(F)ccc2Cl)ccc1=O. The summed E-state index contributed by atoms with van der Waals surface area (Å²) in [5.41, 5.74) is -1.03. The molecule has 0 radical (unpaired) electrons. The van der Waals surface area contributed by atoms with Crippen LogP contribution in [-0.4, -0.2) is 16.4 Å². The number of alkyl halides is 3. The van der Waals surface area contributed by atoms with Gasteiger partial charge in [0.15, 0.2) is 0 Å². The van der Waals surface area contributed by atoms with E-state index in [1.165, 1.54) is 48.1 Å². The molecule has 6 nitrogen and oxygen atoms in total.